The number of carbonyl (C=O) groups excluding carboxylic acids is 1. The van der Waals surface area contributed by atoms with E-state index in [1.807, 2.05) is 23.8 Å². The van der Waals surface area contributed by atoms with Gasteiger partial charge in [0.25, 0.3) is 5.91 Å². The van der Waals surface area contributed by atoms with Crippen molar-refractivity contribution in [3.8, 4) is 5.82 Å². The molecule has 0 bridgehead atoms. The molecule has 1 unspecified atom stereocenters. The van der Waals surface area contributed by atoms with E-state index >= 15 is 0 Å². The quantitative estimate of drug-likeness (QED) is 0.859. The van der Waals surface area contributed by atoms with Gasteiger partial charge in [0.15, 0.2) is 5.82 Å². The second kappa shape index (κ2) is 6.02. The Morgan fingerprint density at radius 2 is 2.38 bits per heavy atom. The highest BCUT2D eigenvalue weighted by atomic mass is 16.5. The molecule has 1 fully saturated rings. The van der Waals surface area contributed by atoms with Gasteiger partial charge in [0.1, 0.15) is 11.9 Å². The minimum absolute atomic E-state index is 0.172. The molecule has 21 heavy (non-hydrogen) atoms. The van der Waals surface area contributed by atoms with Crippen LogP contribution in [0.3, 0.4) is 0 Å². The van der Waals surface area contributed by atoms with E-state index in [2.05, 4.69) is 20.6 Å². The molecule has 1 aliphatic rings. The number of anilines is 1. The summed E-state index contributed by atoms with van der Waals surface area (Å²) in [6.45, 7) is 3.72. The molecule has 0 aliphatic carbocycles. The van der Waals surface area contributed by atoms with Crippen molar-refractivity contribution >= 4 is 11.6 Å². The van der Waals surface area contributed by atoms with Gasteiger partial charge in [-0.15, -0.1) is 0 Å². The topological polar surface area (TPSA) is 81.1 Å². The number of ether oxygens (including phenoxy) is 1. The Bertz CT molecular complexity index is 634. The Morgan fingerprint density at radius 1 is 1.48 bits per heavy atom. The van der Waals surface area contributed by atoms with Crippen molar-refractivity contribution in [2.24, 2.45) is 0 Å². The summed E-state index contributed by atoms with van der Waals surface area (Å²) in [7, 11) is 0. The molecular formula is C14H17N5O2. The molecule has 110 valence electrons. The van der Waals surface area contributed by atoms with Crippen LogP contribution in [0.4, 0.5) is 5.69 Å². The summed E-state index contributed by atoms with van der Waals surface area (Å²) >= 11 is 0. The number of aromatic nitrogens is 3. The molecule has 3 rings (SSSR count). The SMILES string of the molecule is Cc1nccn1-c1ncccc1NC(=O)C1CNCCO1. The predicted octanol–water partition coefficient (Wildman–Crippen LogP) is 0.503. The molecule has 1 saturated heterocycles. The lowest BCUT2D eigenvalue weighted by Crippen LogP contribution is -2.45. The Labute approximate surface area is 122 Å². The third kappa shape index (κ3) is 2.93. The summed E-state index contributed by atoms with van der Waals surface area (Å²) in [6, 6.07) is 3.60. The van der Waals surface area contributed by atoms with Gasteiger partial charge in [0.2, 0.25) is 0 Å². The number of imidazole rings is 1. The lowest BCUT2D eigenvalue weighted by Gasteiger charge is -2.23. The number of nitrogens with one attached hydrogen (secondary N) is 2. The van der Waals surface area contributed by atoms with Crippen LogP contribution in [-0.4, -0.2) is 46.2 Å². The summed E-state index contributed by atoms with van der Waals surface area (Å²) in [4.78, 5) is 20.8. The zero-order chi connectivity index (χ0) is 14.7. The third-order valence-electron chi connectivity index (χ3n) is 3.32. The summed E-state index contributed by atoms with van der Waals surface area (Å²) < 4.78 is 7.28. The van der Waals surface area contributed by atoms with Crippen molar-refractivity contribution < 1.29 is 9.53 Å². The van der Waals surface area contributed by atoms with Crippen LogP contribution in [0.2, 0.25) is 0 Å². The largest absolute Gasteiger partial charge is 0.366 e. The molecule has 3 heterocycles. The highest BCUT2D eigenvalue weighted by Crippen LogP contribution is 2.19. The number of morpholine rings is 1. The van der Waals surface area contributed by atoms with Crippen molar-refractivity contribution in [2.45, 2.75) is 13.0 Å². The van der Waals surface area contributed by atoms with Gasteiger partial charge in [-0.25, -0.2) is 9.97 Å². The molecule has 2 aromatic rings. The fraction of sp³-hybridized carbons (Fsp3) is 0.357. The lowest BCUT2D eigenvalue weighted by atomic mass is 10.2. The second-order valence-corrected chi connectivity index (χ2v) is 4.77. The minimum atomic E-state index is -0.476. The molecular weight excluding hydrogens is 270 g/mol. The molecule has 7 nitrogen and oxygen atoms in total. The van der Waals surface area contributed by atoms with Crippen LogP contribution in [0, 0.1) is 6.92 Å². The zero-order valence-corrected chi connectivity index (χ0v) is 11.7. The van der Waals surface area contributed by atoms with Gasteiger partial charge < -0.3 is 15.4 Å². The van der Waals surface area contributed by atoms with Crippen LogP contribution in [0.15, 0.2) is 30.7 Å². The molecule has 7 heteroatoms. The van der Waals surface area contributed by atoms with E-state index in [1.165, 1.54) is 0 Å². The van der Waals surface area contributed by atoms with Crippen LogP contribution in [0.1, 0.15) is 5.82 Å². The summed E-state index contributed by atoms with van der Waals surface area (Å²) in [5, 5.41) is 6.02. The number of aryl methyl sites for hydroxylation is 1. The first-order valence-corrected chi connectivity index (χ1v) is 6.84. The number of carbonyl (C=O) groups is 1. The molecule has 1 atom stereocenters. The number of amides is 1. The average Bonchev–Trinajstić information content (AvgIpc) is 2.95. The number of rotatable bonds is 3. The molecule has 2 aromatic heterocycles. The third-order valence-corrected chi connectivity index (χ3v) is 3.32. The molecule has 0 radical (unpaired) electrons. The van der Waals surface area contributed by atoms with Gasteiger partial charge in [-0.1, -0.05) is 0 Å². The molecule has 2 N–H and O–H groups in total. The van der Waals surface area contributed by atoms with Crippen molar-refractivity contribution in [3.63, 3.8) is 0 Å². The normalized spacial score (nSPS) is 18.4. The smallest absolute Gasteiger partial charge is 0.254 e. The van der Waals surface area contributed by atoms with Gasteiger partial charge in [-0.2, -0.15) is 0 Å². The highest BCUT2D eigenvalue weighted by molar-refractivity contribution is 5.95. The Morgan fingerprint density at radius 3 is 3.10 bits per heavy atom. The van der Waals surface area contributed by atoms with Gasteiger partial charge >= 0.3 is 0 Å². The highest BCUT2D eigenvalue weighted by Gasteiger charge is 2.22. The van der Waals surface area contributed by atoms with Gasteiger partial charge in [-0.05, 0) is 19.1 Å². The number of nitrogens with zero attached hydrogens (tertiary/aromatic N) is 3. The second-order valence-electron chi connectivity index (χ2n) is 4.77. The Balaban J connectivity index is 1.82. The van der Waals surface area contributed by atoms with Crippen LogP contribution in [0.5, 0.6) is 0 Å². The molecule has 0 saturated carbocycles. The molecule has 0 spiro atoms. The fourth-order valence-corrected chi connectivity index (χ4v) is 2.24. The summed E-state index contributed by atoms with van der Waals surface area (Å²) in [5.74, 6) is 1.28. The van der Waals surface area contributed by atoms with Crippen molar-refractivity contribution in [2.75, 3.05) is 25.0 Å². The monoisotopic (exact) mass is 287 g/mol. The molecule has 1 aliphatic heterocycles. The van der Waals surface area contributed by atoms with Crippen molar-refractivity contribution in [3.05, 3.63) is 36.5 Å². The average molecular weight is 287 g/mol. The summed E-state index contributed by atoms with van der Waals surface area (Å²) in [5.41, 5.74) is 0.637. The maximum absolute atomic E-state index is 12.2. The fourth-order valence-electron chi connectivity index (χ4n) is 2.24. The van der Waals surface area contributed by atoms with E-state index < -0.39 is 6.10 Å². The predicted molar refractivity (Wildman–Crippen MR) is 77.3 cm³/mol. The van der Waals surface area contributed by atoms with Crippen molar-refractivity contribution in [1.29, 1.82) is 0 Å². The lowest BCUT2D eigenvalue weighted by molar-refractivity contribution is -0.128. The van der Waals surface area contributed by atoms with Crippen LogP contribution < -0.4 is 10.6 Å². The molecule has 1 amide bonds. The maximum Gasteiger partial charge on any atom is 0.254 e. The zero-order valence-electron chi connectivity index (χ0n) is 11.7. The summed E-state index contributed by atoms with van der Waals surface area (Å²) in [6.07, 6.45) is 4.72. The standard InChI is InChI=1S/C14H17N5O2/c1-10-16-5-7-19(10)13-11(3-2-4-17-13)18-14(20)12-9-15-6-8-21-12/h2-5,7,12,15H,6,8-9H2,1H3,(H,18,20). The molecule has 0 aromatic carbocycles. The number of pyridine rings is 1. The Hall–Kier alpha value is -2.25. The van der Waals surface area contributed by atoms with E-state index in [0.29, 0.717) is 24.7 Å². The van der Waals surface area contributed by atoms with Crippen molar-refractivity contribution in [1.82, 2.24) is 19.9 Å². The van der Waals surface area contributed by atoms with Gasteiger partial charge in [0.05, 0.1) is 12.3 Å². The van der Waals surface area contributed by atoms with Crippen LogP contribution >= 0.6 is 0 Å². The maximum atomic E-state index is 12.2. The van der Waals surface area contributed by atoms with Crippen LogP contribution in [0.25, 0.3) is 5.82 Å². The van der Waals surface area contributed by atoms with Gasteiger partial charge in [0, 0.05) is 31.7 Å². The number of hydrogen-bond donors (Lipinski definition) is 2. The van der Waals surface area contributed by atoms with E-state index in [-0.39, 0.29) is 5.91 Å². The first-order chi connectivity index (χ1) is 10.3. The van der Waals surface area contributed by atoms with E-state index in [9.17, 15) is 4.79 Å². The number of hydrogen-bond acceptors (Lipinski definition) is 5. The van der Waals surface area contributed by atoms with Gasteiger partial charge in [-0.3, -0.25) is 9.36 Å². The first kappa shape index (κ1) is 13.7. The minimum Gasteiger partial charge on any atom is -0.366 e. The van der Waals surface area contributed by atoms with E-state index in [1.54, 1.807) is 18.5 Å². The van der Waals surface area contributed by atoms with E-state index in [4.69, 9.17) is 4.74 Å². The Kier molecular flexibility index (Phi) is 3.94. The van der Waals surface area contributed by atoms with E-state index in [0.717, 1.165) is 12.4 Å². The van der Waals surface area contributed by atoms with Crippen LogP contribution in [-0.2, 0) is 9.53 Å². The first-order valence-electron chi connectivity index (χ1n) is 6.84.